The smallest absolute Gasteiger partial charge is 0.320 e. The van der Waals surface area contributed by atoms with Crippen molar-refractivity contribution in [2.24, 2.45) is 0 Å². The summed E-state index contributed by atoms with van der Waals surface area (Å²) in [6, 6.07) is 17.1. The predicted octanol–water partition coefficient (Wildman–Crippen LogP) is 4.01. The number of halogens is 1. The van der Waals surface area contributed by atoms with E-state index in [1.165, 1.54) is 12.1 Å². The van der Waals surface area contributed by atoms with Crippen molar-refractivity contribution in [2.45, 2.75) is 24.9 Å². The Hall–Kier alpha value is -2.79. The summed E-state index contributed by atoms with van der Waals surface area (Å²) in [5.41, 5.74) is 2.31. The number of para-hydroxylation sites is 1. The highest BCUT2D eigenvalue weighted by molar-refractivity contribution is 5.78. The van der Waals surface area contributed by atoms with E-state index in [2.05, 4.69) is 0 Å². The summed E-state index contributed by atoms with van der Waals surface area (Å²) in [4.78, 5) is 18.4. The van der Waals surface area contributed by atoms with Crippen molar-refractivity contribution in [3.05, 3.63) is 77.7 Å². The third kappa shape index (κ3) is 3.06. The van der Waals surface area contributed by atoms with Crippen LogP contribution in [0.25, 0.3) is 10.9 Å². The Morgan fingerprint density at radius 1 is 1.15 bits per heavy atom. The summed E-state index contributed by atoms with van der Waals surface area (Å²) >= 11 is 0. The maximum Gasteiger partial charge on any atom is 0.320 e. The van der Waals surface area contributed by atoms with Crippen molar-refractivity contribution in [3.63, 3.8) is 0 Å². The van der Waals surface area contributed by atoms with Gasteiger partial charge in [-0.2, -0.15) is 0 Å². The number of carboxylic acid groups (broad SMARTS) is 1. The minimum atomic E-state index is -0.843. The van der Waals surface area contributed by atoms with Crippen LogP contribution in [0.15, 0.2) is 60.7 Å². The van der Waals surface area contributed by atoms with E-state index < -0.39 is 12.0 Å². The van der Waals surface area contributed by atoms with Crippen molar-refractivity contribution in [1.29, 1.82) is 0 Å². The second kappa shape index (κ2) is 6.84. The van der Waals surface area contributed by atoms with Crippen molar-refractivity contribution < 1.29 is 14.3 Å². The van der Waals surface area contributed by atoms with Gasteiger partial charge >= 0.3 is 5.97 Å². The van der Waals surface area contributed by atoms with Crippen LogP contribution in [0.4, 0.5) is 4.39 Å². The van der Waals surface area contributed by atoms with Gasteiger partial charge < -0.3 is 5.11 Å². The first kappa shape index (κ1) is 16.7. The summed E-state index contributed by atoms with van der Waals surface area (Å²) in [7, 11) is 0. The van der Waals surface area contributed by atoms with Crippen LogP contribution in [0.2, 0.25) is 0 Å². The van der Waals surface area contributed by atoms with Gasteiger partial charge in [0.05, 0.1) is 17.3 Å². The second-order valence-electron chi connectivity index (χ2n) is 6.62. The standard InChI is InChI=1S/C21H19FN2O2/c22-16-7-3-6-15(13-16)20(24-12-4-9-19(24)21(25)26)18-11-10-14-5-1-2-8-17(14)23-18/h1-3,5-8,10-11,13,19-20H,4,9,12H2,(H,25,26). The van der Waals surface area contributed by atoms with Crippen LogP contribution < -0.4 is 0 Å². The molecule has 2 heterocycles. The second-order valence-corrected chi connectivity index (χ2v) is 6.62. The molecular weight excluding hydrogens is 331 g/mol. The number of aliphatic carboxylic acids is 1. The lowest BCUT2D eigenvalue weighted by atomic mass is 9.99. The average Bonchev–Trinajstić information content (AvgIpc) is 3.11. The van der Waals surface area contributed by atoms with Crippen LogP contribution in [0, 0.1) is 5.82 Å². The van der Waals surface area contributed by atoms with Crippen molar-refractivity contribution >= 4 is 16.9 Å². The Labute approximate surface area is 150 Å². The maximum atomic E-state index is 13.9. The van der Waals surface area contributed by atoms with Crippen LogP contribution in [0.5, 0.6) is 0 Å². The third-order valence-electron chi connectivity index (χ3n) is 4.98. The lowest BCUT2D eigenvalue weighted by molar-refractivity contribution is -0.142. The molecule has 1 fully saturated rings. The van der Waals surface area contributed by atoms with E-state index >= 15 is 0 Å². The van der Waals surface area contributed by atoms with Crippen molar-refractivity contribution in [3.8, 4) is 0 Å². The van der Waals surface area contributed by atoms with Gasteiger partial charge in [-0.3, -0.25) is 14.7 Å². The summed E-state index contributed by atoms with van der Waals surface area (Å²) < 4.78 is 13.9. The fourth-order valence-electron chi connectivity index (χ4n) is 3.81. The molecule has 2 atom stereocenters. The average molecular weight is 350 g/mol. The minimum absolute atomic E-state index is 0.334. The molecule has 4 rings (SSSR count). The zero-order valence-corrected chi connectivity index (χ0v) is 14.2. The molecule has 0 aliphatic carbocycles. The summed E-state index contributed by atoms with van der Waals surface area (Å²) in [6.07, 6.45) is 1.39. The molecule has 2 aromatic carbocycles. The third-order valence-corrected chi connectivity index (χ3v) is 4.98. The largest absolute Gasteiger partial charge is 0.480 e. The molecular formula is C21H19FN2O2. The molecule has 1 N–H and O–H groups in total. The zero-order valence-electron chi connectivity index (χ0n) is 14.2. The Balaban J connectivity index is 1.85. The molecule has 0 amide bonds. The van der Waals surface area contributed by atoms with Crippen LogP contribution >= 0.6 is 0 Å². The van der Waals surface area contributed by atoms with Crippen LogP contribution in [-0.2, 0) is 4.79 Å². The number of carbonyl (C=O) groups is 1. The van der Waals surface area contributed by atoms with Crippen LogP contribution in [-0.4, -0.2) is 33.5 Å². The van der Waals surface area contributed by atoms with Gasteiger partial charge in [-0.15, -0.1) is 0 Å². The molecule has 1 aliphatic rings. The van der Waals surface area contributed by atoms with E-state index in [-0.39, 0.29) is 11.9 Å². The number of aromatic nitrogens is 1. The first-order valence-corrected chi connectivity index (χ1v) is 8.73. The fourth-order valence-corrected chi connectivity index (χ4v) is 3.81. The number of hydrogen-bond donors (Lipinski definition) is 1. The summed E-state index contributed by atoms with van der Waals surface area (Å²) in [6.45, 7) is 0.645. The molecule has 1 aromatic heterocycles. The highest BCUT2D eigenvalue weighted by Crippen LogP contribution is 2.35. The maximum absolute atomic E-state index is 13.9. The van der Waals surface area contributed by atoms with E-state index in [4.69, 9.17) is 4.98 Å². The summed E-state index contributed by atoms with van der Waals surface area (Å²) in [5.74, 6) is -1.18. The number of nitrogens with zero attached hydrogens (tertiary/aromatic N) is 2. The number of fused-ring (bicyclic) bond motifs is 1. The van der Waals surface area contributed by atoms with Gasteiger partial charge in [0.25, 0.3) is 0 Å². The minimum Gasteiger partial charge on any atom is -0.480 e. The summed E-state index contributed by atoms with van der Waals surface area (Å²) in [5, 5.41) is 10.6. The van der Waals surface area contributed by atoms with Crippen molar-refractivity contribution in [1.82, 2.24) is 9.88 Å². The van der Waals surface area contributed by atoms with E-state index in [9.17, 15) is 14.3 Å². The highest BCUT2D eigenvalue weighted by atomic mass is 19.1. The molecule has 0 bridgehead atoms. The van der Waals surface area contributed by atoms with Gasteiger partial charge in [-0.25, -0.2) is 4.39 Å². The Bertz CT molecular complexity index is 959. The van der Waals surface area contributed by atoms with Gasteiger partial charge in [0.15, 0.2) is 0 Å². The van der Waals surface area contributed by atoms with E-state index in [1.54, 1.807) is 6.07 Å². The zero-order chi connectivity index (χ0) is 18.1. The predicted molar refractivity (Wildman–Crippen MR) is 97.3 cm³/mol. The van der Waals surface area contributed by atoms with E-state index in [0.29, 0.717) is 13.0 Å². The molecule has 1 saturated heterocycles. The first-order chi connectivity index (χ1) is 12.6. The molecule has 0 spiro atoms. The number of rotatable bonds is 4. The Kier molecular flexibility index (Phi) is 4.39. The van der Waals surface area contributed by atoms with Gasteiger partial charge in [-0.05, 0) is 42.7 Å². The number of benzene rings is 2. The first-order valence-electron chi connectivity index (χ1n) is 8.73. The lowest BCUT2D eigenvalue weighted by Gasteiger charge is -2.31. The molecule has 3 aromatic rings. The van der Waals surface area contributed by atoms with E-state index in [1.807, 2.05) is 47.4 Å². The molecule has 4 nitrogen and oxygen atoms in total. The molecule has 1 aliphatic heterocycles. The normalized spacial score (nSPS) is 18.9. The topological polar surface area (TPSA) is 53.4 Å². The molecule has 132 valence electrons. The van der Waals surface area contributed by atoms with Gasteiger partial charge in [-0.1, -0.05) is 36.4 Å². The molecule has 2 unspecified atom stereocenters. The van der Waals surface area contributed by atoms with Gasteiger partial charge in [0.2, 0.25) is 0 Å². The van der Waals surface area contributed by atoms with Crippen LogP contribution in [0.3, 0.4) is 0 Å². The van der Waals surface area contributed by atoms with E-state index in [0.717, 1.165) is 28.6 Å². The lowest BCUT2D eigenvalue weighted by Crippen LogP contribution is -2.39. The Morgan fingerprint density at radius 3 is 2.81 bits per heavy atom. The SMILES string of the molecule is O=C(O)C1CCCN1C(c1cccc(F)c1)c1ccc2ccccc2n1. The van der Waals surface area contributed by atoms with Gasteiger partial charge in [0, 0.05) is 11.9 Å². The molecule has 5 heteroatoms. The van der Waals surface area contributed by atoms with Crippen LogP contribution in [0.1, 0.15) is 30.1 Å². The number of likely N-dealkylation sites (tertiary alicyclic amines) is 1. The fraction of sp³-hybridized carbons (Fsp3) is 0.238. The quantitative estimate of drug-likeness (QED) is 0.772. The number of hydrogen-bond acceptors (Lipinski definition) is 3. The number of pyridine rings is 1. The molecule has 26 heavy (non-hydrogen) atoms. The van der Waals surface area contributed by atoms with Crippen molar-refractivity contribution in [2.75, 3.05) is 6.54 Å². The Morgan fingerprint density at radius 2 is 2.00 bits per heavy atom. The molecule has 0 saturated carbocycles. The molecule has 0 radical (unpaired) electrons. The number of carboxylic acids is 1. The van der Waals surface area contributed by atoms with Gasteiger partial charge in [0.1, 0.15) is 11.9 Å². The highest BCUT2D eigenvalue weighted by Gasteiger charge is 2.37. The monoisotopic (exact) mass is 350 g/mol.